The zero-order valence-corrected chi connectivity index (χ0v) is 11.9. The Morgan fingerprint density at radius 2 is 2.00 bits per heavy atom. The number of halogens is 1. The van der Waals surface area contributed by atoms with E-state index < -0.39 is 0 Å². The number of hydrogen-bond donors (Lipinski definition) is 0. The minimum absolute atomic E-state index is 0.0714. The maximum absolute atomic E-state index is 13.2. The first-order valence-electron chi connectivity index (χ1n) is 6.03. The van der Waals surface area contributed by atoms with Crippen molar-refractivity contribution < 1.29 is 4.39 Å². The third kappa shape index (κ3) is 2.58. The molecule has 0 unspecified atom stereocenters. The van der Waals surface area contributed by atoms with Gasteiger partial charge in [-0.1, -0.05) is 27.7 Å². The van der Waals surface area contributed by atoms with Gasteiger partial charge in [0.15, 0.2) is 0 Å². The summed E-state index contributed by atoms with van der Waals surface area (Å²) in [5.41, 5.74) is 1.93. The predicted molar refractivity (Wildman–Crippen MR) is 73.4 cm³/mol. The average Bonchev–Trinajstić information content (AvgIpc) is 2.72. The monoisotopic (exact) mass is 264 g/mol. The smallest absolute Gasteiger partial charge is 0.142 e. The van der Waals surface area contributed by atoms with E-state index in [4.69, 9.17) is 0 Å². The van der Waals surface area contributed by atoms with Crippen LogP contribution in [-0.4, -0.2) is 9.97 Å². The Balaban J connectivity index is 2.51. The van der Waals surface area contributed by atoms with Gasteiger partial charge in [0.2, 0.25) is 0 Å². The molecule has 0 fully saturated rings. The summed E-state index contributed by atoms with van der Waals surface area (Å²) in [4.78, 5) is 9.77. The number of hydrogen-bond acceptors (Lipinski definition) is 3. The Kier molecular flexibility index (Phi) is 3.48. The van der Waals surface area contributed by atoms with Crippen molar-refractivity contribution in [2.24, 2.45) is 0 Å². The Morgan fingerprint density at radius 3 is 2.50 bits per heavy atom. The summed E-state index contributed by atoms with van der Waals surface area (Å²) in [6.45, 7) is 8.62. The second kappa shape index (κ2) is 4.76. The van der Waals surface area contributed by atoms with Crippen molar-refractivity contribution >= 4 is 11.3 Å². The fourth-order valence-electron chi connectivity index (χ4n) is 1.83. The predicted octanol–water partition coefficient (Wildman–Crippen LogP) is 4.20. The third-order valence-electron chi connectivity index (χ3n) is 2.67. The Morgan fingerprint density at radius 1 is 1.28 bits per heavy atom. The molecule has 0 aliphatic heterocycles. The van der Waals surface area contributed by atoms with Crippen LogP contribution in [0.4, 0.5) is 4.39 Å². The van der Waals surface area contributed by atoms with E-state index >= 15 is 0 Å². The van der Waals surface area contributed by atoms with Gasteiger partial charge in [-0.25, -0.2) is 9.37 Å². The lowest BCUT2D eigenvalue weighted by Crippen LogP contribution is -2.11. The van der Waals surface area contributed by atoms with Gasteiger partial charge in [-0.2, -0.15) is 0 Å². The standard InChI is InChI=1S/C14H17FN2S/c1-5-11-12(14(2,3)4)18-13(17-11)9-6-10(15)8-16-7-9/h6-8H,5H2,1-4H3. The zero-order chi connectivity index (χ0) is 13.3. The Bertz CT molecular complexity index is 555. The van der Waals surface area contributed by atoms with Crippen LogP contribution in [0, 0.1) is 5.82 Å². The topological polar surface area (TPSA) is 25.8 Å². The van der Waals surface area contributed by atoms with Gasteiger partial charge in [0.05, 0.1) is 11.9 Å². The number of rotatable bonds is 2. The molecule has 2 aromatic rings. The zero-order valence-electron chi connectivity index (χ0n) is 11.1. The van der Waals surface area contributed by atoms with Crippen LogP contribution >= 0.6 is 11.3 Å². The highest BCUT2D eigenvalue weighted by atomic mass is 32.1. The van der Waals surface area contributed by atoms with Crippen molar-refractivity contribution in [2.75, 3.05) is 0 Å². The molecule has 0 aromatic carbocycles. The summed E-state index contributed by atoms with van der Waals surface area (Å²) in [6.07, 6.45) is 3.77. The molecule has 0 spiro atoms. The number of aryl methyl sites for hydroxylation is 1. The van der Waals surface area contributed by atoms with Gasteiger partial charge >= 0.3 is 0 Å². The lowest BCUT2D eigenvalue weighted by molar-refractivity contribution is 0.595. The van der Waals surface area contributed by atoms with E-state index in [0.29, 0.717) is 0 Å². The molecule has 0 saturated carbocycles. The van der Waals surface area contributed by atoms with Crippen molar-refractivity contribution in [3.05, 3.63) is 34.8 Å². The number of aromatic nitrogens is 2. The minimum atomic E-state index is -0.321. The SMILES string of the molecule is CCc1nc(-c2cncc(F)c2)sc1C(C)(C)C. The van der Waals surface area contributed by atoms with E-state index in [2.05, 4.69) is 37.7 Å². The molecule has 96 valence electrons. The Hall–Kier alpha value is -1.29. The Labute approximate surface area is 111 Å². The normalized spacial score (nSPS) is 11.8. The van der Waals surface area contributed by atoms with Crippen LogP contribution in [0.25, 0.3) is 10.6 Å². The maximum atomic E-state index is 13.2. The minimum Gasteiger partial charge on any atom is -0.261 e. The molecule has 4 heteroatoms. The molecule has 0 aliphatic carbocycles. The lowest BCUT2D eigenvalue weighted by Gasteiger charge is -2.17. The highest BCUT2D eigenvalue weighted by Crippen LogP contribution is 2.36. The molecule has 0 aliphatic rings. The molecule has 0 N–H and O–H groups in total. The second-order valence-corrected chi connectivity index (χ2v) is 6.29. The van der Waals surface area contributed by atoms with Crippen molar-refractivity contribution in [2.45, 2.75) is 39.5 Å². The number of nitrogens with zero attached hydrogens (tertiary/aromatic N) is 2. The second-order valence-electron chi connectivity index (χ2n) is 5.29. The van der Waals surface area contributed by atoms with E-state index in [9.17, 15) is 4.39 Å². The molecule has 0 bridgehead atoms. The van der Waals surface area contributed by atoms with Gasteiger partial charge in [-0.3, -0.25) is 4.98 Å². The summed E-state index contributed by atoms with van der Waals surface area (Å²) in [5, 5.41) is 0.851. The molecule has 0 saturated heterocycles. The van der Waals surface area contributed by atoms with Gasteiger partial charge in [0, 0.05) is 16.6 Å². The number of pyridine rings is 1. The van der Waals surface area contributed by atoms with Crippen LogP contribution < -0.4 is 0 Å². The van der Waals surface area contributed by atoms with Crippen LogP contribution in [0.3, 0.4) is 0 Å². The molecule has 2 aromatic heterocycles. The van der Waals surface area contributed by atoms with Crippen LogP contribution in [0.15, 0.2) is 18.5 Å². The molecule has 0 radical (unpaired) electrons. The summed E-state index contributed by atoms with van der Waals surface area (Å²) in [5.74, 6) is -0.321. The summed E-state index contributed by atoms with van der Waals surface area (Å²) >= 11 is 1.64. The van der Waals surface area contributed by atoms with Crippen molar-refractivity contribution in [1.29, 1.82) is 0 Å². The first-order valence-corrected chi connectivity index (χ1v) is 6.84. The molecular weight excluding hydrogens is 247 g/mol. The van der Waals surface area contributed by atoms with E-state index in [1.165, 1.54) is 17.1 Å². The molecular formula is C14H17FN2S. The van der Waals surface area contributed by atoms with Crippen LogP contribution in [0.2, 0.25) is 0 Å². The van der Waals surface area contributed by atoms with Crippen LogP contribution in [0.1, 0.15) is 38.3 Å². The average molecular weight is 264 g/mol. The molecule has 2 heterocycles. The van der Waals surface area contributed by atoms with Gasteiger partial charge in [-0.15, -0.1) is 11.3 Å². The van der Waals surface area contributed by atoms with Crippen LogP contribution in [0.5, 0.6) is 0 Å². The highest BCUT2D eigenvalue weighted by molar-refractivity contribution is 7.15. The van der Waals surface area contributed by atoms with Gasteiger partial charge < -0.3 is 0 Å². The van der Waals surface area contributed by atoms with Crippen molar-refractivity contribution in [3.63, 3.8) is 0 Å². The summed E-state index contributed by atoms with van der Waals surface area (Å²) < 4.78 is 13.2. The first kappa shape index (κ1) is 13.1. The van der Waals surface area contributed by atoms with E-state index in [0.717, 1.165) is 22.7 Å². The molecule has 0 atom stereocenters. The first-order chi connectivity index (χ1) is 8.41. The fraction of sp³-hybridized carbons (Fsp3) is 0.429. The van der Waals surface area contributed by atoms with E-state index in [-0.39, 0.29) is 11.2 Å². The quantitative estimate of drug-likeness (QED) is 0.812. The largest absolute Gasteiger partial charge is 0.261 e. The van der Waals surface area contributed by atoms with Gasteiger partial charge in [-0.05, 0) is 17.9 Å². The van der Waals surface area contributed by atoms with Crippen LogP contribution in [-0.2, 0) is 11.8 Å². The third-order valence-corrected chi connectivity index (χ3v) is 4.24. The van der Waals surface area contributed by atoms with Gasteiger partial charge in [0.25, 0.3) is 0 Å². The lowest BCUT2D eigenvalue weighted by atomic mass is 9.93. The summed E-state index contributed by atoms with van der Waals surface area (Å²) in [6, 6.07) is 1.48. The maximum Gasteiger partial charge on any atom is 0.142 e. The van der Waals surface area contributed by atoms with E-state index in [1.807, 2.05) is 0 Å². The van der Waals surface area contributed by atoms with Crippen molar-refractivity contribution in [1.82, 2.24) is 9.97 Å². The van der Waals surface area contributed by atoms with E-state index in [1.54, 1.807) is 17.5 Å². The van der Waals surface area contributed by atoms with Crippen molar-refractivity contribution in [3.8, 4) is 10.6 Å². The van der Waals surface area contributed by atoms with Gasteiger partial charge in [0.1, 0.15) is 10.8 Å². The number of thiazole rings is 1. The molecule has 18 heavy (non-hydrogen) atoms. The molecule has 2 rings (SSSR count). The molecule has 0 amide bonds. The highest BCUT2D eigenvalue weighted by Gasteiger charge is 2.22. The molecule has 2 nitrogen and oxygen atoms in total. The fourth-order valence-corrected chi connectivity index (χ4v) is 3.02. The summed E-state index contributed by atoms with van der Waals surface area (Å²) in [7, 11) is 0.